The molecule has 0 spiro atoms. The van der Waals surface area contributed by atoms with Crippen LogP contribution in [0.4, 0.5) is 0 Å². The van der Waals surface area contributed by atoms with E-state index in [9.17, 15) is 0 Å². The summed E-state index contributed by atoms with van der Waals surface area (Å²) in [4.78, 5) is 1.59. The standard InChI is InChI=1S/C18H20ClN3O/c19-17-7-5-16(6-8-17)15-21-10-12-22(13-11-21)20-9-1-3-18-4-2-14-23-18/h1-9,14H,10-13,15H2/p+1/b3-1-,20-9-. The number of quaternary nitrogens is 1. The molecule has 5 heteroatoms. The number of nitrogens with zero attached hydrogens (tertiary/aromatic N) is 2. The van der Waals surface area contributed by atoms with Gasteiger partial charge in [0.05, 0.1) is 32.4 Å². The van der Waals surface area contributed by atoms with Crippen LogP contribution in [0.5, 0.6) is 0 Å². The third-order valence-corrected chi connectivity index (χ3v) is 4.19. The van der Waals surface area contributed by atoms with Gasteiger partial charge in [0.2, 0.25) is 0 Å². The molecule has 0 atom stereocenters. The molecule has 0 bridgehead atoms. The maximum Gasteiger partial charge on any atom is 0.126 e. The molecule has 0 saturated carbocycles. The second-order valence-electron chi connectivity index (χ2n) is 5.65. The topological polar surface area (TPSA) is 33.2 Å². The van der Waals surface area contributed by atoms with E-state index in [2.05, 4.69) is 22.2 Å². The Morgan fingerprint density at radius 3 is 2.65 bits per heavy atom. The lowest BCUT2D eigenvalue weighted by molar-refractivity contribution is -0.918. The van der Waals surface area contributed by atoms with Gasteiger partial charge in [0, 0.05) is 16.8 Å². The highest BCUT2D eigenvalue weighted by molar-refractivity contribution is 6.30. The maximum absolute atomic E-state index is 5.93. The smallest absolute Gasteiger partial charge is 0.126 e. The molecule has 1 aliphatic rings. The SMILES string of the molecule is Clc1ccc(C[NH+]2CCN(/N=C\C=C/c3ccco3)CC2)cc1. The number of nitrogens with one attached hydrogen (secondary N) is 1. The Kier molecular flexibility index (Phi) is 5.51. The highest BCUT2D eigenvalue weighted by Crippen LogP contribution is 2.08. The van der Waals surface area contributed by atoms with E-state index in [1.165, 1.54) is 5.56 Å². The molecule has 0 amide bonds. The predicted octanol–water partition coefficient (Wildman–Crippen LogP) is 2.33. The number of hydrogen-bond acceptors (Lipinski definition) is 3. The summed E-state index contributed by atoms with van der Waals surface area (Å²) < 4.78 is 5.23. The van der Waals surface area contributed by atoms with E-state index < -0.39 is 0 Å². The normalized spacial score (nSPS) is 16.7. The zero-order valence-electron chi connectivity index (χ0n) is 13.0. The van der Waals surface area contributed by atoms with Gasteiger partial charge in [-0.25, -0.2) is 0 Å². The molecule has 1 saturated heterocycles. The van der Waals surface area contributed by atoms with Crippen LogP contribution in [0.3, 0.4) is 0 Å². The first kappa shape index (κ1) is 15.8. The minimum Gasteiger partial charge on any atom is -0.465 e. The molecule has 2 aromatic rings. The van der Waals surface area contributed by atoms with Crippen molar-refractivity contribution < 1.29 is 9.32 Å². The largest absolute Gasteiger partial charge is 0.465 e. The molecular formula is C18H21ClN3O+. The van der Waals surface area contributed by atoms with Gasteiger partial charge in [-0.05, 0) is 36.4 Å². The predicted molar refractivity (Wildman–Crippen MR) is 93.7 cm³/mol. The van der Waals surface area contributed by atoms with Crippen molar-refractivity contribution in [3.05, 3.63) is 65.1 Å². The lowest BCUT2D eigenvalue weighted by Crippen LogP contribution is -3.13. The number of rotatable bonds is 5. The lowest BCUT2D eigenvalue weighted by atomic mass is 10.2. The summed E-state index contributed by atoms with van der Waals surface area (Å²) in [6, 6.07) is 11.9. The van der Waals surface area contributed by atoms with Crippen molar-refractivity contribution in [1.29, 1.82) is 0 Å². The molecule has 2 heterocycles. The Bertz CT molecular complexity index is 641. The molecule has 3 rings (SSSR count). The molecule has 0 aliphatic carbocycles. The van der Waals surface area contributed by atoms with Gasteiger partial charge in [-0.2, -0.15) is 5.10 Å². The molecular weight excluding hydrogens is 310 g/mol. The Morgan fingerprint density at radius 2 is 1.96 bits per heavy atom. The van der Waals surface area contributed by atoms with E-state index in [-0.39, 0.29) is 0 Å². The summed E-state index contributed by atoms with van der Waals surface area (Å²) in [5.74, 6) is 0.841. The summed E-state index contributed by atoms with van der Waals surface area (Å²) in [6.07, 6.45) is 7.31. The van der Waals surface area contributed by atoms with E-state index in [1.807, 2.05) is 42.6 Å². The highest BCUT2D eigenvalue weighted by Gasteiger charge is 2.18. The van der Waals surface area contributed by atoms with Gasteiger partial charge in [-0.1, -0.05) is 23.7 Å². The van der Waals surface area contributed by atoms with Crippen molar-refractivity contribution in [2.45, 2.75) is 6.54 Å². The molecule has 1 aliphatic heterocycles. The van der Waals surface area contributed by atoms with E-state index in [1.54, 1.807) is 11.2 Å². The average Bonchev–Trinajstić information content (AvgIpc) is 3.09. The van der Waals surface area contributed by atoms with E-state index in [0.29, 0.717) is 0 Å². The minimum absolute atomic E-state index is 0.797. The second-order valence-corrected chi connectivity index (χ2v) is 6.08. The molecule has 1 aromatic heterocycles. The van der Waals surface area contributed by atoms with Gasteiger partial charge in [-0.3, -0.25) is 5.01 Å². The summed E-state index contributed by atoms with van der Waals surface area (Å²) in [5.41, 5.74) is 1.34. The number of hydrazone groups is 1. The van der Waals surface area contributed by atoms with Crippen molar-refractivity contribution >= 4 is 23.9 Å². The summed E-state index contributed by atoms with van der Waals surface area (Å²) in [5, 5.41) is 7.40. The van der Waals surface area contributed by atoms with Gasteiger partial charge in [0.1, 0.15) is 12.3 Å². The quantitative estimate of drug-likeness (QED) is 0.854. The van der Waals surface area contributed by atoms with Crippen molar-refractivity contribution in [2.24, 2.45) is 5.10 Å². The van der Waals surface area contributed by atoms with E-state index in [4.69, 9.17) is 16.0 Å². The summed E-state index contributed by atoms with van der Waals surface area (Å²) in [7, 11) is 0. The minimum atomic E-state index is 0.797. The van der Waals surface area contributed by atoms with Gasteiger partial charge in [-0.15, -0.1) is 0 Å². The lowest BCUT2D eigenvalue weighted by Gasteiger charge is -2.30. The third kappa shape index (κ3) is 4.98. The van der Waals surface area contributed by atoms with Crippen molar-refractivity contribution in [3.8, 4) is 0 Å². The Morgan fingerprint density at radius 1 is 1.17 bits per heavy atom. The molecule has 0 unspecified atom stereocenters. The van der Waals surface area contributed by atoms with Crippen LogP contribution in [-0.2, 0) is 6.54 Å². The summed E-state index contributed by atoms with van der Waals surface area (Å²) in [6.45, 7) is 5.21. The number of halogens is 1. The van der Waals surface area contributed by atoms with Crippen LogP contribution in [0.2, 0.25) is 5.02 Å². The molecule has 1 aromatic carbocycles. The fourth-order valence-corrected chi connectivity index (χ4v) is 2.78. The van der Waals surface area contributed by atoms with Crippen LogP contribution >= 0.6 is 11.6 Å². The number of benzene rings is 1. The van der Waals surface area contributed by atoms with Crippen LogP contribution in [-0.4, -0.2) is 37.4 Å². The van der Waals surface area contributed by atoms with Crippen LogP contribution in [0, 0.1) is 0 Å². The van der Waals surface area contributed by atoms with Gasteiger partial charge in [0.15, 0.2) is 0 Å². The molecule has 1 N–H and O–H groups in total. The number of hydrogen-bond donors (Lipinski definition) is 1. The zero-order valence-corrected chi connectivity index (χ0v) is 13.7. The molecule has 1 fully saturated rings. The third-order valence-electron chi connectivity index (χ3n) is 3.93. The Hall–Kier alpha value is -2.04. The molecule has 0 radical (unpaired) electrons. The van der Waals surface area contributed by atoms with Gasteiger partial charge >= 0.3 is 0 Å². The van der Waals surface area contributed by atoms with Gasteiger partial charge in [0.25, 0.3) is 0 Å². The number of furan rings is 1. The van der Waals surface area contributed by atoms with Crippen LogP contribution in [0.25, 0.3) is 6.08 Å². The van der Waals surface area contributed by atoms with Crippen LogP contribution in [0.1, 0.15) is 11.3 Å². The van der Waals surface area contributed by atoms with Gasteiger partial charge < -0.3 is 9.32 Å². The zero-order chi connectivity index (χ0) is 15.9. The monoisotopic (exact) mass is 330 g/mol. The first-order valence-corrected chi connectivity index (χ1v) is 8.24. The van der Waals surface area contributed by atoms with E-state index >= 15 is 0 Å². The first-order chi connectivity index (χ1) is 11.3. The number of allylic oxidation sites excluding steroid dienone is 1. The fourth-order valence-electron chi connectivity index (χ4n) is 2.65. The summed E-state index contributed by atoms with van der Waals surface area (Å²) >= 11 is 5.93. The van der Waals surface area contributed by atoms with Crippen LogP contribution in [0.15, 0.2) is 58.3 Å². The number of piperazine rings is 1. The van der Waals surface area contributed by atoms with Crippen LogP contribution < -0.4 is 4.90 Å². The van der Waals surface area contributed by atoms with Crippen molar-refractivity contribution in [3.63, 3.8) is 0 Å². The average molecular weight is 331 g/mol. The fraction of sp³-hybridized carbons (Fsp3) is 0.278. The molecule has 120 valence electrons. The maximum atomic E-state index is 5.93. The van der Waals surface area contributed by atoms with Crippen molar-refractivity contribution in [1.82, 2.24) is 5.01 Å². The van der Waals surface area contributed by atoms with E-state index in [0.717, 1.165) is 43.5 Å². The highest BCUT2D eigenvalue weighted by atomic mass is 35.5. The first-order valence-electron chi connectivity index (χ1n) is 7.87. The Balaban J connectivity index is 1.42. The van der Waals surface area contributed by atoms with Crippen molar-refractivity contribution in [2.75, 3.05) is 26.2 Å². The second kappa shape index (κ2) is 7.99. The molecule has 4 nitrogen and oxygen atoms in total. The molecule has 23 heavy (non-hydrogen) atoms. The Labute approximate surface area is 141 Å².